The van der Waals surface area contributed by atoms with Crippen LogP contribution in [-0.2, 0) is 19.7 Å². The fraction of sp³-hybridized carbons (Fsp3) is 0.905. The van der Waals surface area contributed by atoms with E-state index in [1.54, 1.807) is 18.9 Å². The Labute approximate surface area is 217 Å². The zero-order valence-corrected chi connectivity index (χ0v) is 24.5. The van der Waals surface area contributed by atoms with Crippen molar-refractivity contribution in [2.45, 2.75) is 73.6 Å². The molecule has 188 valence electrons. The number of carboxylic acids is 2. The van der Waals surface area contributed by atoms with Gasteiger partial charge in [-0.1, -0.05) is 34.6 Å². The molecule has 0 saturated heterocycles. The third-order valence-corrected chi connectivity index (χ3v) is 6.71. The van der Waals surface area contributed by atoms with Gasteiger partial charge in [-0.25, -0.2) is 8.42 Å². The molecule has 0 amide bonds. The van der Waals surface area contributed by atoms with Gasteiger partial charge in [-0.15, -0.1) is 0 Å². The second-order valence-corrected chi connectivity index (χ2v) is 9.41. The van der Waals surface area contributed by atoms with Crippen LogP contribution in [0.25, 0.3) is 0 Å². The summed E-state index contributed by atoms with van der Waals surface area (Å²) < 4.78 is 30.6. The first-order valence-corrected chi connectivity index (χ1v) is 12.5. The largest absolute Gasteiger partial charge is 1.00 e. The normalized spacial score (nSPS) is 11.4. The van der Waals surface area contributed by atoms with Crippen LogP contribution in [0, 0.1) is 10.8 Å². The van der Waals surface area contributed by atoms with Gasteiger partial charge in [-0.05, 0) is 53.1 Å². The Kier molecular flexibility index (Phi) is 24.6. The quantitative estimate of drug-likeness (QED) is 0.236. The number of carboxylic acid groups (broad SMARTS) is 2. The first-order chi connectivity index (χ1) is 14.1. The molecule has 0 saturated carbocycles. The van der Waals surface area contributed by atoms with Crippen molar-refractivity contribution in [3.8, 4) is 0 Å². The number of hydrogen-bond acceptors (Lipinski definition) is 7. The second-order valence-electron chi connectivity index (χ2n) is 7.89. The molecule has 0 heterocycles. The Morgan fingerprint density at radius 1 is 0.906 bits per heavy atom. The SMILES string of the molecule is CCC(C)(CC)C(=O)O.CCC(CC)(CC)C(=O)O.CNCCN(C)CCS(=O)(=O)[O-].[Na+]. The van der Waals surface area contributed by atoms with Crippen molar-refractivity contribution in [1.29, 1.82) is 0 Å². The maximum absolute atomic E-state index is 10.7. The summed E-state index contributed by atoms with van der Waals surface area (Å²) in [5, 5.41) is 20.4. The molecule has 0 fully saturated rings. The minimum absolute atomic E-state index is 0. The summed E-state index contributed by atoms with van der Waals surface area (Å²) in [4.78, 5) is 23.0. The number of rotatable bonds is 13. The number of nitrogens with zero attached hydrogens (tertiary/aromatic N) is 1. The van der Waals surface area contributed by atoms with Gasteiger partial charge in [0, 0.05) is 19.6 Å². The van der Waals surface area contributed by atoms with Crippen molar-refractivity contribution in [2.75, 3.05) is 39.5 Å². The van der Waals surface area contributed by atoms with Gasteiger partial charge in [-0.3, -0.25) is 9.59 Å². The topological polar surface area (TPSA) is 147 Å². The van der Waals surface area contributed by atoms with Crippen LogP contribution in [0.15, 0.2) is 0 Å². The Morgan fingerprint density at radius 2 is 1.31 bits per heavy atom. The Balaban J connectivity index is -0.000000183. The molecule has 0 aliphatic carbocycles. The molecule has 0 radical (unpaired) electrons. The Hall–Kier alpha value is -0.230. The Bertz CT molecular complexity index is 585. The van der Waals surface area contributed by atoms with Crippen LogP contribution in [0.2, 0.25) is 0 Å². The maximum atomic E-state index is 10.7. The van der Waals surface area contributed by atoms with Gasteiger partial charge in [0.2, 0.25) is 0 Å². The monoisotopic (exact) mass is 492 g/mol. The first kappa shape index (κ1) is 39.0. The van der Waals surface area contributed by atoms with E-state index in [-0.39, 0.29) is 35.3 Å². The number of aliphatic carboxylic acids is 2. The van der Waals surface area contributed by atoms with Crippen LogP contribution in [0.3, 0.4) is 0 Å². The van der Waals surface area contributed by atoms with Crippen molar-refractivity contribution < 1.29 is 62.3 Å². The summed E-state index contributed by atoms with van der Waals surface area (Å²) in [6.07, 6.45) is 3.61. The summed E-state index contributed by atoms with van der Waals surface area (Å²) in [6.45, 7) is 13.2. The van der Waals surface area contributed by atoms with E-state index in [0.717, 1.165) is 32.4 Å². The molecule has 0 aromatic heterocycles. The maximum Gasteiger partial charge on any atom is 1.00 e. The average Bonchev–Trinajstić information content (AvgIpc) is 2.71. The van der Waals surface area contributed by atoms with E-state index in [4.69, 9.17) is 10.2 Å². The van der Waals surface area contributed by atoms with Crippen molar-refractivity contribution in [3.63, 3.8) is 0 Å². The van der Waals surface area contributed by atoms with Crippen LogP contribution in [0.5, 0.6) is 0 Å². The van der Waals surface area contributed by atoms with Crippen LogP contribution in [-0.4, -0.2) is 79.5 Å². The number of carbonyl (C=O) groups is 2. The van der Waals surface area contributed by atoms with E-state index in [1.807, 2.05) is 41.7 Å². The third-order valence-electron chi connectivity index (χ3n) is 6.03. The standard InChI is InChI=1S/C8H16O2.C7H14O2.C6H16N2O3S.Na/c1-4-8(5-2,6-3)7(9)10;1-4-7(3,5-2)6(8)9;1-7-3-4-8(2)5-6-12(9,10)11;/h4-6H2,1-3H3,(H,9,10);4-5H2,1-3H3,(H,8,9);7H,3-6H2,1-2H3,(H,9,10,11);/q;;;+1/p-1. The predicted octanol–water partition coefficient (Wildman–Crippen LogP) is -0.128. The van der Waals surface area contributed by atoms with E-state index in [0.29, 0.717) is 19.4 Å². The van der Waals surface area contributed by atoms with E-state index in [9.17, 15) is 22.6 Å². The van der Waals surface area contributed by atoms with E-state index < -0.39 is 32.9 Å². The van der Waals surface area contributed by atoms with Crippen LogP contribution < -0.4 is 34.9 Å². The third kappa shape index (κ3) is 18.2. The molecule has 0 unspecified atom stereocenters. The van der Waals surface area contributed by atoms with Gasteiger partial charge in [0.25, 0.3) is 0 Å². The van der Waals surface area contributed by atoms with E-state index >= 15 is 0 Å². The second kappa shape index (κ2) is 20.2. The van der Waals surface area contributed by atoms with Gasteiger partial charge < -0.3 is 25.0 Å². The van der Waals surface area contributed by atoms with Crippen molar-refractivity contribution in [2.24, 2.45) is 10.8 Å². The van der Waals surface area contributed by atoms with Gasteiger partial charge in [-0.2, -0.15) is 0 Å². The summed E-state index contributed by atoms with van der Waals surface area (Å²) >= 11 is 0. The van der Waals surface area contributed by atoms with Gasteiger partial charge in [0.05, 0.1) is 26.7 Å². The molecule has 0 aromatic carbocycles. The molecule has 0 aliphatic heterocycles. The van der Waals surface area contributed by atoms with Gasteiger partial charge in [0.1, 0.15) is 0 Å². The molecule has 11 heteroatoms. The fourth-order valence-electron chi connectivity index (χ4n) is 2.44. The molecular weight excluding hydrogens is 447 g/mol. The predicted molar refractivity (Wildman–Crippen MR) is 123 cm³/mol. The summed E-state index contributed by atoms with van der Waals surface area (Å²) in [5.74, 6) is -1.65. The van der Waals surface area contributed by atoms with Crippen molar-refractivity contribution in [3.05, 3.63) is 0 Å². The molecule has 0 rings (SSSR count). The van der Waals surface area contributed by atoms with Crippen LogP contribution >= 0.6 is 0 Å². The Morgan fingerprint density at radius 3 is 1.47 bits per heavy atom. The molecule has 0 aromatic rings. The van der Waals surface area contributed by atoms with Crippen LogP contribution in [0.4, 0.5) is 0 Å². The van der Waals surface area contributed by atoms with Crippen LogP contribution in [0.1, 0.15) is 73.6 Å². The minimum atomic E-state index is -4.06. The first-order valence-electron chi connectivity index (χ1n) is 10.9. The molecule has 3 N–H and O–H groups in total. The summed E-state index contributed by atoms with van der Waals surface area (Å²) in [5.41, 5.74) is -0.958. The molecule has 0 spiro atoms. The van der Waals surface area contributed by atoms with E-state index in [2.05, 4.69) is 5.32 Å². The molecule has 0 atom stereocenters. The van der Waals surface area contributed by atoms with Gasteiger partial charge in [0.15, 0.2) is 0 Å². The molecule has 0 bridgehead atoms. The number of hydrogen-bond donors (Lipinski definition) is 3. The molecule has 9 nitrogen and oxygen atoms in total. The molecule has 0 aliphatic rings. The van der Waals surface area contributed by atoms with E-state index in [1.165, 1.54) is 0 Å². The smallest absolute Gasteiger partial charge is 0.748 e. The molecule has 32 heavy (non-hydrogen) atoms. The van der Waals surface area contributed by atoms with Crippen molar-refractivity contribution >= 4 is 22.1 Å². The van der Waals surface area contributed by atoms with Crippen molar-refractivity contribution in [1.82, 2.24) is 10.2 Å². The molecular formula is C21H45N2NaO7S. The van der Waals surface area contributed by atoms with Gasteiger partial charge >= 0.3 is 41.5 Å². The average molecular weight is 493 g/mol. The minimum Gasteiger partial charge on any atom is -0.748 e. The fourth-order valence-corrected chi connectivity index (χ4v) is 2.97. The zero-order chi connectivity index (χ0) is 25.3. The number of nitrogens with one attached hydrogen (secondary N) is 1. The number of likely N-dealkylation sites (N-methyl/N-ethyl adjacent to an activating group) is 2. The zero-order valence-electron chi connectivity index (χ0n) is 21.7. The summed E-state index contributed by atoms with van der Waals surface area (Å²) in [7, 11) is -0.458. The summed E-state index contributed by atoms with van der Waals surface area (Å²) in [6, 6.07) is 0.